The van der Waals surface area contributed by atoms with Crippen LogP contribution in [0, 0.1) is 12.8 Å². The first-order valence-corrected chi connectivity index (χ1v) is 5.98. The number of benzene rings is 1. The van der Waals surface area contributed by atoms with Gasteiger partial charge in [0.2, 0.25) is 0 Å². The van der Waals surface area contributed by atoms with E-state index in [-0.39, 0.29) is 5.78 Å². The molecular formula is C15H18O4. The van der Waals surface area contributed by atoms with Crippen molar-refractivity contribution in [2.45, 2.75) is 26.9 Å². The van der Waals surface area contributed by atoms with Gasteiger partial charge in [-0.2, -0.15) is 0 Å². The topological polar surface area (TPSA) is 63.6 Å². The van der Waals surface area contributed by atoms with Crippen LogP contribution in [-0.2, 0) is 14.3 Å². The van der Waals surface area contributed by atoms with Gasteiger partial charge < -0.3 is 9.84 Å². The van der Waals surface area contributed by atoms with Crippen molar-refractivity contribution >= 4 is 17.5 Å². The van der Waals surface area contributed by atoms with Crippen LogP contribution in [-0.4, -0.2) is 23.0 Å². The molecule has 2 atom stereocenters. The molecule has 0 heterocycles. The zero-order valence-electron chi connectivity index (χ0n) is 11.3. The number of aliphatic carboxylic acids is 1. The van der Waals surface area contributed by atoms with Gasteiger partial charge in [-0.3, -0.25) is 9.59 Å². The van der Waals surface area contributed by atoms with Gasteiger partial charge in [0.1, 0.15) is 5.76 Å². The quantitative estimate of drug-likeness (QED) is 0.800. The van der Waals surface area contributed by atoms with Crippen molar-refractivity contribution in [3.8, 4) is 0 Å². The van der Waals surface area contributed by atoms with E-state index in [9.17, 15) is 9.59 Å². The maximum atomic E-state index is 11.5. The van der Waals surface area contributed by atoms with Crippen LogP contribution in [0.2, 0.25) is 0 Å². The van der Waals surface area contributed by atoms with E-state index in [4.69, 9.17) is 9.84 Å². The maximum absolute atomic E-state index is 11.5. The van der Waals surface area contributed by atoms with Gasteiger partial charge in [-0.25, -0.2) is 0 Å². The highest BCUT2D eigenvalue weighted by Gasteiger charge is 2.29. The molecule has 19 heavy (non-hydrogen) atoms. The number of hydrogen-bond acceptors (Lipinski definition) is 3. The zero-order valence-corrected chi connectivity index (χ0v) is 11.3. The van der Waals surface area contributed by atoms with E-state index in [2.05, 4.69) is 6.58 Å². The summed E-state index contributed by atoms with van der Waals surface area (Å²) in [5.41, 5.74) is 1.83. The Labute approximate surface area is 112 Å². The third-order valence-electron chi connectivity index (χ3n) is 2.89. The molecule has 1 rings (SSSR count). The number of aryl methyl sites for hydroxylation is 1. The summed E-state index contributed by atoms with van der Waals surface area (Å²) in [6, 6.07) is 7.43. The summed E-state index contributed by atoms with van der Waals surface area (Å²) in [6.07, 6.45) is -1.02. The largest absolute Gasteiger partial charge is 0.482 e. The van der Waals surface area contributed by atoms with E-state index in [0.717, 1.165) is 11.1 Å². The molecule has 2 unspecified atom stereocenters. The third kappa shape index (κ3) is 3.95. The summed E-state index contributed by atoms with van der Waals surface area (Å²) >= 11 is 0. The molecule has 0 radical (unpaired) electrons. The zero-order chi connectivity index (χ0) is 14.6. The molecule has 0 bridgehead atoms. The summed E-state index contributed by atoms with van der Waals surface area (Å²) in [4.78, 5) is 22.4. The Morgan fingerprint density at radius 1 is 1.26 bits per heavy atom. The van der Waals surface area contributed by atoms with E-state index in [1.165, 1.54) is 13.8 Å². The molecule has 1 aromatic rings. The number of carboxylic acid groups (broad SMARTS) is 1. The second-order valence-electron chi connectivity index (χ2n) is 4.57. The SMILES string of the molecule is C=C(OC(C(C)=O)C(C)C(=O)O)c1ccc(C)cc1. The van der Waals surface area contributed by atoms with Crippen LogP contribution in [0.4, 0.5) is 0 Å². The van der Waals surface area contributed by atoms with E-state index < -0.39 is 18.0 Å². The average Bonchev–Trinajstić information content (AvgIpc) is 2.35. The minimum atomic E-state index is -1.07. The summed E-state index contributed by atoms with van der Waals surface area (Å²) in [6.45, 7) is 8.46. The Balaban J connectivity index is 2.85. The molecule has 4 nitrogen and oxygen atoms in total. The molecule has 102 valence electrons. The molecule has 0 saturated carbocycles. The first-order valence-electron chi connectivity index (χ1n) is 5.98. The van der Waals surface area contributed by atoms with Crippen molar-refractivity contribution in [2.24, 2.45) is 5.92 Å². The third-order valence-corrected chi connectivity index (χ3v) is 2.89. The van der Waals surface area contributed by atoms with Crippen molar-refractivity contribution in [1.82, 2.24) is 0 Å². The minimum absolute atomic E-state index is 0.299. The van der Waals surface area contributed by atoms with E-state index >= 15 is 0 Å². The Kier molecular flexibility index (Phi) is 4.87. The van der Waals surface area contributed by atoms with Crippen LogP contribution < -0.4 is 0 Å². The maximum Gasteiger partial charge on any atom is 0.310 e. The molecule has 0 aliphatic rings. The van der Waals surface area contributed by atoms with Crippen LogP contribution in [0.25, 0.3) is 5.76 Å². The number of ketones is 1. The van der Waals surface area contributed by atoms with Gasteiger partial charge >= 0.3 is 5.97 Å². The van der Waals surface area contributed by atoms with Crippen LogP contribution in [0.1, 0.15) is 25.0 Å². The molecule has 0 aliphatic heterocycles. The second kappa shape index (κ2) is 6.18. The van der Waals surface area contributed by atoms with Gasteiger partial charge in [0.25, 0.3) is 0 Å². The van der Waals surface area contributed by atoms with Crippen molar-refractivity contribution < 1.29 is 19.4 Å². The first kappa shape index (κ1) is 15.0. The standard InChI is InChI=1S/C15H18O4/c1-9-5-7-13(8-6-9)12(4)19-14(11(3)16)10(2)15(17)18/h5-8,10,14H,4H2,1-3H3,(H,17,18). The van der Waals surface area contributed by atoms with Crippen molar-refractivity contribution in [3.05, 3.63) is 42.0 Å². The van der Waals surface area contributed by atoms with Gasteiger partial charge in [-0.1, -0.05) is 36.4 Å². The smallest absolute Gasteiger partial charge is 0.310 e. The van der Waals surface area contributed by atoms with Crippen LogP contribution in [0.15, 0.2) is 30.8 Å². The highest BCUT2D eigenvalue weighted by Crippen LogP contribution is 2.20. The molecule has 0 spiro atoms. The van der Waals surface area contributed by atoms with Crippen LogP contribution in [0.3, 0.4) is 0 Å². The van der Waals surface area contributed by atoms with Crippen LogP contribution >= 0.6 is 0 Å². The van der Waals surface area contributed by atoms with Gasteiger partial charge in [0.05, 0.1) is 5.92 Å². The van der Waals surface area contributed by atoms with Crippen molar-refractivity contribution in [3.63, 3.8) is 0 Å². The number of carboxylic acids is 1. The number of hydrogen-bond donors (Lipinski definition) is 1. The predicted octanol–water partition coefficient (Wildman–Crippen LogP) is 2.66. The number of carbonyl (C=O) groups excluding carboxylic acids is 1. The van der Waals surface area contributed by atoms with Gasteiger partial charge in [-0.05, 0) is 20.8 Å². The predicted molar refractivity (Wildman–Crippen MR) is 72.6 cm³/mol. The lowest BCUT2D eigenvalue weighted by molar-refractivity contribution is -0.148. The minimum Gasteiger partial charge on any atom is -0.482 e. The van der Waals surface area contributed by atoms with Gasteiger partial charge in [0, 0.05) is 5.56 Å². The number of ether oxygens (including phenoxy) is 1. The lowest BCUT2D eigenvalue weighted by atomic mass is 10.0. The Morgan fingerprint density at radius 2 is 1.79 bits per heavy atom. The molecule has 1 N–H and O–H groups in total. The fourth-order valence-corrected chi connectivity index (χ4v) is 1.63. The van der Waals surface area contributed by atoms with Gasteiger partial charge in [0.15, 0.2) is 11.9 Å². The summed E-state index contributed by atoms with van der Waals surface area (Å²) in [5.74, 6) is -2.02. The van der Waals surface area contributed by atoms with Gasteiger partial charge in [-0.15, -0.1) is 0 Å². The highest BCUT2D eigenvalue weighted by molar-refractivity contribution is 5.87. The molecule has 4 heteroatoms. The van der Waals surface area contributed by atoms with Crippen molar-refractivity contribution in [1.29, 1.82) is 0 Å². The summed E-state index contributed by atoms with van der Waals surface area (Å²) < 4.78 is 5.44. The molecule has 0 saturated heterocycles. The second-order valence-corrected chi connectivity index (χ2v) is 4.57. The molecular weight excluding hydrogens is 244 g/mol. The Hall–Kier alpha value is -2.10. The van der Waals surface area contributed by atoms with E-state index in [0.29, 0.717) is 5.76 Å². The fraction of sp³-hybridized carbons (Fsp3) is 0.333. The normalized spacial score (nSPS) is 13.4. The molecule has 0 aromatic heterocycles. The number of carbonyl (C=O) groups is 2. The number of Topliss-reactive ketones (excluding diaryl/α,β-unsaturated/α-hetero) is 1. The lowest BCUT2D eigenvalue weighted by Gasteiger charge is -2.21. The lowest BCUT2D eigenvalue weighted by Crippen LogP contribution is -2.33. The average molecular weight is 262 g/mol. The summed E-state index contributed by atoms with van der Waals surface area (Å²) in [7, 11) is 0. The van der Waals surface area contributed by atoms with Crippen LogP contribution in [0.5, 0.6) is 0 Å². The molecule has 0 aliphatic carbocycles. The monoisotopic (exact) mass is 262 g/mol. The molecule has 1 aromatic carbocycles. The van der Waals surface area contributed by atoms with E-state index in [1.54, 1.807) is 0 Å². The Bertz CT molecular complexity index is 487. The molecule has 0 amide bonds. The Morgan fingerprint density at radius 3 is 2.21 bits per heavy atom. The number of rotatable bonds is 6. The summed E-state index contributed by atoms with van der Waals surface area (Å²) in [5, 5.41) is 8.96. The highest BCUT2D eigenvalue weighted by atomic mass is 16.5. The van der Waals surface area contributed by atoms with Crippen molar-refractivity contribution in [2.75, 3.05) is 0 Å². The van der Waals surface area contributed by atoms with E-state index in [1.807, 2.05) is 31.2 Å². The molecule has 0 fully saturated rings. The first-order chi connectivity index (χ1) is 8.82. The fourth-order valence-electron chi connectivity index (χ4n) is 1.63.